The Morgan fingerprint density at radius 3 is 2.57 bits per heavy atom. The van der Waals surface area contributed by atoms with Crippen molar-refractivity contribution in [1.29, 1.82) is 5.26 Å². The van der Waals surface area contributed by atoms with Gasteiger partial charge in [0.25, 0.3) is 0 Å². The summed E-state index contributed by atoms with van der Waals surface area (Å²) in [6.45, 7) is 6.61. The van der Waals surface area contributed by atoms with Gasteiger partial charge in [0.1, 0.15) is 0 Å². The van der Waals surface area contributed by atoms with E-state index in [1.807, 2.05) is 32.9 Å². The summed E-state index contributed by atoms with van der Waals surface area (Å²) < 4.78 is 1.59. The number of nitriles is 1. The average molecular weight is 313 g/mol. The SMILES string of the molecule is CC(C)(C)c1ccc(NC(=O)Nc2ccn(CCC#N)n2)nn1. The van der Waals surface area contributed by atoms with Crippen LogP contribution in [-0.4, -0.2) is 26.0 Å². The number of rotatable bonds is 4. The summed E-state index contributed by atoms with van der Waals surface area (Å²) in [5, 5.41) is 26.0. The van der Waals surface area contributed by atoms with Crippen LogP contribution in [0.25, 0.3) is 0 Å². The second kappa shape index (κ2) is 6.87. The average Bonchev–Trinajstić information content (AvgIpc) is 2.92. The van der Waals surface area contributed by atoms with Gasteiger partial charge in [-0.15, -0.1) is 5.10 Å². The molecule has 2 heterocycles. The molecule has 0 aliphatic heterocycles. The van der Waals surface area contributed by atoms with E-state index in [9.17, 15) is 4.79 Å². The molecule has 2 N–H and O–H groups in total. The lowest BCUT2D eigenvalue weighted by atomic mass is 9.92. The molecule has 0 saturated carbocycles. The highest BCUT2D eigenvalue weighted by molar-refractivity contribution is 5.98. The number of nitrogens with zero attached hydrogens (tertiary/aromatic N) is 5. The number of anilines is 2. The van der Waals surface area contributed by atoms with Crippen molar-refractivity contribution in [1.82, 2.24) is 20.0 Å². The van der Waals surface area contributed by atoms with E-state index in [1.54, 1.807) is 23.0 Å². The normalized spacial score (nSPS) is 10.9. The first kappa shape index (κ1) is 16.4. The van der Waals surface area contributed by atoms with Crippen molar-refractivity contribution in [2.24, 2.45) is 0 Å². The number of nitrogens with one attached hydrogen (secondary N) is 2. The first-order chi connectivity index (χ1) is 10.9. The molecule has 2 aromatic rings. The fourth-order valence-corrected chi connectivity index (χ4v) is 1.78. The van der Waals surface area contributed by atoms with E-state index >= 15 is 0 Å². The lowest BCUT2D eigenvalue weighted by molar-refractivity contribution is 0.262. The second-order valence-electron chi connectivity index (χ2n) is 6.01. The van der Waals surface area contributed by atoms with Crippen LogP contribution in [0, 0.1) is 11.3 Å². The van der Waals surface area contributed by atoms with Crippen molar-refractivity contribution >= 4 is 17.7 Å². The maximum atomic E-state index is 11.9. The third kappa shape index (κ3) is 4.78. The smallest absolute Gasteiger partial charge is 0.291 e. The minimum absolute atomic E-state index is 0.0932. The van der Waals surface area contributed by atoms with E-state index in [0.29, 0.717) is 24.6 Å². The Labute approximate surface area is 134 Å². The van der Waals surface area contributed by atoms with Crippen LogP contribution in [0.2, 0.25) is 0 Å². The lowest BCUT2D eigenvalue weighted by Gasteiger charge is -2.16. The van der Waals surface area contributed by atoms with E-state index in [4.69, 9.17) is 5.26 Å². The summed E-state index contributed by atoms with van der Waals surface area (Å²) in [6, 6.07) is 6.79. The molecule has 0 bridgehead atoms. The van der Waals surface area contributed by atoms with Gasteiger partial charge in [-0.05, 0) is 12.1 Å². The van der Waals surface area contributed by atoms with E-state index in [-0.39, 0.29) is 5.41 Å². The van der Waals surface area contributed by atoms with Crippen LogP contribution in [0.1, 0.15) is 32.9 Å². The highest BCUT2D eigenvalue weighted by Crippen LogP contribution is 2.19. The topological polar surface area (TPSA) is 109 Å². The highest BCUT2D eigenvalue weighted by Gasteiger charge is 2.16. The van der Waals surface area contributed by atoms with Gasteiger partial charge in [0.15, 0.2) is 11.6 Å². The quantitative estimate of drug-likeness (QED) is 0.901. The van der Waals surface area contributed by atoms with E-state index in [0.717, 1.165) is 5.69 Å². The molecule has 0 aliphatic carbocycles. The molecule has 23 heavy (non-hydrogen) atoms. The Morgan fingerprint density at radius 2 is 1.96 bits per heavy atom. The largest absolute Gasteiger partial charge is 0.326 e. The van der Waals surface area contributed by atoms with Gasteiger partial charge < -0.3 is 0 Å². The molecule has 0 atom stereocenters. The van der Waals surface area contributed by atoms with Crippen LogP contribution in [0.3, 0.4) is 0 Å². The molecular weight excluding hydrogens is 294 g/mol. The zero-order valence-electron chi connectivity index (χ0n) is 13.4. The van der Waals surface area contributed by atoms with Crippen LogP contribution in [0.15, 0.2) is 24.4 Å². The summed E-state index contributed by atoms with van der Waals surface area (Å²) >= 11 is 0. The molecule has 120 valence electrons. The predicted octanol–water partition coefficient (Wildman–Crippen LogP) is 2.53. The van der Waals surface area contributed by atoms with Gasteiger partial charge >= 0.3 is 6.03 Å². The van der Waals surface area contributed by atoms with E-state index < -0.39 is 6.03 Å². The van der Waals surface area contributed by atoms with Crippen LogP contribution in [0.4, 0.5) is 16.4 Å². The third-order valence-corrected chi connectivity index (χ3v) is 3.01. The summed E-state index contributed by atoms with van der Waals surface area (Å²) in [7, 11) is 0. The Hall–Kier alpha value is -2.95. The van der Waals surface area contributed by atoms with Gasteiger partial charge in [-0.3, -0.25) is 15.3 Å². The summed E-state index contributed by atoms with van der Waals surface area (Å²) in [5.41, 5.74) is 0.754. The zero-order valence-corrected chi connectivity index (χ0v) is 13.4. The van der Waals surface area contributed by atoms with Gasteiger partial charge in [0.05, 0.1) is 24.7 Å². The molecule has 2 rings (SSSR count). The second-order valence-corrected chi connectivity index (χ2v) is 6.01. The molecule has 0 fully saturated rings. The molecule has 0 unspecified atom stereocenters. The Morgan fingerprint density at radius 1 is 1.22 bits per heavy atom. The van der Waals surface area contributed by atoms with Crippen LogP contribution >= 0.6 is 0 Å². The maximum absolute atomic E-state index is 11.9. The minimum atomic E-state index is -0.451. The minimum Gasteiger partial charge on any atom is -0.291 e. The zero-order chi connectivity index (χ0) is 16.9. The van der Waals surface area contributed by atoms with Crippen molar-refractivity contribution in [3.8, 4) is 6.07 Å². The Balaban J connectivity index is 1.92. The molecule has 0 radical (unpaired) electrons. The van der Waals surface area contributed by atoms with Gasteiger partial charge in [0.2, 0.25) is 0 Å². The number of carbonyl (C=O) groups is 1. The van der Waals surface area contributed by atoms with Crippen molar-refractivity contribution in [2.75, 3.05) is 10.6 Å². The molecule has 8 heteroatoms. The third-order valence-electron chi connectivity index (χ3n) is 3.01. The molecule has 2 amide bonds. The summed E-state index contributed by atoms with van der Waals surface area (Å²) in [6.07, 6.45) is 2.06. The standard InChI is InChI=1S/C15H19N7O/c1-15(2,3)11-5-6-12(20-19-11)17-14(23)18-13-7-10-22(21-13)9-4-8-16/h5-7,10H,4,9H2,1-3H3,(H2,17,18,20,21,23). The fourth-order valence-electron chi connectivity index (χ4n) is 1.78. The van der Waals surface area contributed by atoms with Crippen molar-refractivity contribution in [3.05, 3.63) is 30.1 Å². The molecule has 0 spiro atoms. The fraction of sp³-hybridized carbons (Fsp3) is 0.400. The molecule has 0 aromatic carbocycles. The number of aryl methyl sites for hydroxylation is 1. The molecule has 0 saturated heterocycles. The molecule has 8 nitrogen and oxygen atoms in total. The van der Waals surface area contributed by atoms with Crippen molar-refractivity contribution < 1.29 is 4.79 Å². The van der Waals surface area contributed by atoms with Gasteiger partial charge in [0, 0.05) is 17.7 Å². The molecule has 2 aromatic heterocycles. The number of aromatic nitrogens is 4. The van der Waals surface area contributed by atoms with Crippen LogP contribution < -0.4 is 10.6 Å². The number of hydrogen-bond acceptors (Lipinski definition) is 5. The predicted molar refractivity (Wildman–Crippen MR) is 85.8 cm³/mol. The van der Waals surface area contributed by atoms with Gasteiger partial charge in [-0.1, -0.05) is 20.8 Å². The van der Waals surface area contributed by atoms with Gasteiger partial charge in [-0.25, -0.2) is 4.79 Å². The Kier molecular flexibility index (Phi) is 4.91. The molecular formula is C15H19N7O. The Bertz CT molecular complexity index is 707. The number of urea groups is 1. The monoisotopic (exact) mass is 313 g/mol. The van der Waals surface area contributed by atoms with Crippen LogP contribution in [0.5, 0.6) is 0 Å². The number of carbonyl (C=O) groups excluding carboxylic acids is 1. The van der Waals surface area contributed by atoms with Crippen molar-refractivity contribution in [3.63, 3.8) is 0 Å². The lowest BCUT2D eigenvalue weighted by Crippen LogP contribution is -2.21. The number of hydrogen-bond donors (Lipinski definition) is 2. The van der Waals surface area contributed by atoms with Crippen molar-refractivity contribution in [2.45, 2.75) is 39.2 Å². The molecule has 0 aliphatic rings. The maximum Gasteiger partial charge on any atom is 0.326 e. The van der Waals surface area contributed by atoms with E-state index in [1.165, 1.54) is 0 Å². The summed E-state index contributed by atoms with van der Waals surface area (Å²) in [5.74, 6) is 0.763. The first-order valence-electron chi connectivity index (χ1n) is 7.21. The van der Waals surface area contributed by atoms with E-state index in [2.05, 4.69) is 25.9 Å². The highest BCUT2D eigenvalue weighted by atomic mass is 16.2. The first-order valence-corrected chi connectivity index (χ1v) is 7.21. The van der Waals surface area contributed by atoms with Gasteiger partial charge in [-0.2, -0.15) is 15.5 Å². The van der Waals surface area contributed by atoms with Crippen LogP contribution in [-0.2, 0) is 12.0 Å². The summed E-state index contributed by atoms with van der Waals surface area (Å²) in [4.78, 5) is 11.9. The number of amides is 2.